The summed E-state index contributed by atoms with van der Waals surface area (Å²) >= 11 is 1.77. The highest BCUT2D eigenvalue weighted by molar-refractivity contribution is 7.99. The molecule has 0 spiro atoms. The molecule has 2 fully saturated rings. The number of aromatic nitrogens is 4. The van der Waals surface area contributed by atoms with Crippen LogP contribution in [-0.4, -0.2) is 78.2 Å². The van der Waals surface area contributed by atoms with Gasteiger partial charge in [-0.05, 0) is 12.2 Å². The number of hydrogen-bond donors (Lipinski definition) is 1. The topological polar surface area (TPSA) is 79.3 Å². The molecule has 1 N–H and O–H groups in total. The molecule has 0 saturated carbocycles. The summed E-state index contributed by atoms with van der Waals surface area (Å²) in [6.07, 6.45) is 3.99. The third-order valence-electron chi connectivity index (χ3n) is 4.87. The van der Waals surface area contributed by atoms with Crippen LogP contribution in [0.15, 0.2) is 11.4 Å². The molecule has 2 aliphatic heterocycles. The van der Waals surface area contributed by atoms with Gasteiger partial charge in [0.15, 0.2) is 5.82 Å². The molecule has 27 heavy (non-hydrogen) atoms. The Kier molecular flexibility index (Phi) is 6.21. The Morgan fingerprint density at radius 1 is 1.04 bits per heavy atom. The predicted octanol–water partition coefficient (Wildman–Crippen LogP) is 1.56. The van der Waals surface area contributed by atoms with Crippen LogP contribution in [0.3, 0.4) is 0 Å². The maximum atomic E-state index is 5.53. The first-order chi connectivity index (χ1) is 13.4. The number of fused-ring (bicyclic) bond motifs is 1. The molecule has 0 aliphatic carbocycles. The van der Waals surface area contributed by atoms with E-state index in [1.165, 1.54) is 12.8 Å². The summed E-state index contributed by atoms with van der Waals surface area (Å²) in [5, 5.41) is 4.35. The third-order valence-corrected chi connectivity index (χ3v) is 5.93. The Morgan fingerprint density at radius 3 is 2.63 bits per heavy atom. The predicted molar refractivity (Wildman–Crippen MR) is 109 cm³/mol. The van der Waals surface area contributed by atoms with Gasteiger partial charge in [0.2, 0.25) is 5.95 Å². The number of piperazine rings is 1. The lowest BCUT2D eigenvalue weighted by Gasteiger charge is -2.31. The van der Waals surface area contributed by atoms with Crippen molar-refractivity contribution in [1.82, 2.24) is 25.3 Å². The van der Waals surface area contributed by atoms with E-state index in [4.69, 9.17) is 14.7 Å². The van der Waals surface area contributed by atoms with Gasteiger partial charge < -0.3 is 19.9 Å². The van der Waals surface area contributed by atoms with Crippen molar-refractivity contribution < 1.29 is 4.74 Å². The number of anilines is 2. The number of hydrogen-bond acceptors (Lipinski definition) is 9. The number of ether oxygens (including phenoxy) is 1. The zero-order chi connectivity index (χ0) is 18.5. The standard InChI is InChI=1S/C18H27N7OS/c1-2-3-12-27-17-15-14(20-13-21-17)16(24-8-10-26-11-9-24)23-18(22-15)25-6-4-19-5-7-25/h13,19H,2-12H2,1H3. The van der Waals surface area contributed by atoms with Gasteiger partial charge in [-0.1, -0.05) is 13.3 Å². The van der Waals surface area contributed by atoms with Gasteiger partial charge in [-0.25, -0.2) is 15.0 Å². The third kappa shape index (κ3) is 4.25. The summed E-state index contributed by atoms with van der Waals surface area (Å²) in [7, 11) is 0. The molecule has 4 heterocycles. The fourth-order valence-corrected chi connectivity index (χ4v) is 4.35. The van der Waals surface area contributed by atoms with Crippen LogP contribution in [0.2, 0.25) is 0 Å². The van der Waals surface area contributed by atoms with E-state index in [1.54, 1.807) is 18.1 Å². The number of thioether (sulfide) groups is 1. The molecule has 4 rings (SSSR count). The largest absolute Gasteiger partial charge is 0.378 e. The van der Waals surface area contributed by atoms with Crippen molar-refractivity contribution in [2.75, 3.05) is 68.0 Å². The average molecular weight is 390 g/mol. The monoisotopic (exact) mass is 389 g/mol. The van der Waals surface area contributed by atoms with Crippen molar-refractivity contribution in [3.63, 3.8) is 0 Å². The molecule has 9 heteroatoms. The van der Waals surface area contributed by atoms with Gasteiger partial charge in [-0.3, -0.25) is 0 Å². The van der Waals surface area contributed by atoms with E-state index in [1.807, 2.05) is 0 Å². The van der Waals surface area contributed by atoms with Gasteiger partial charge in [-0.2, -0.15) is 4.98 Å². The second-order valence-corrected chi connectivity index (χ2v) is 7.85. The summed E-state index contributed by atoms with van der Waals surface area (Å²) < 4.78 is 5.53. The molecule has 0 radical (unpaired) electrons. The second kappa shape index (κ2) is 8.99. The highest BCUT2D eigenvalue weighted by Crippen LogP contribution is 2.31. The number of unbranched alkanes of at least 4 members (excludes halogenated alkanes) is 1. The first-order valence-corrected chi connectivity index (χ1v) is 10.8. The number of nitrogens with zero attached hydrogens (tertiary/aromatic N) is 6. The molecule has 8 nitrogen and oxygen atoms in total. The van der Waals surface area contributed by atoms with Gasteiger partial charge in [-0.15, -0.1) is 11.8 Å². The maximum Gasteiger partial charge on any atom is 0.228 e. The second-order valence-electron chi connectivity index (χ2n) is 6.76. The van der Waals surface area contributed by atoms with Crippen LogP contribution in [0.1, 0.15) is 19.8 Å². The first-order valence-electron chi connectivity index (χ1n) is 9.80. The Morgan fingerprint density at radius 2 is 1.85 bits per heavy atom. The van der Waals surface area contributed by atoms with Crippen LogP contribution in [-0.2, 0) is 4.74 Å². The van der Waals surface area contributed by atoms with Gasteiger partial charge in [0.25, 0.3) is 0 Å². The normalized spacial score (nSPS) is 18.3. The van der Waals surface area contributed by atoms with E-state index in [-0.39, 0.29) is 0 Å². The zero-order valence-electron chi connectivity index (χ0n) is 15.9. The molecule has 2 aromatic heterocycles. The maximum absolute atomic E-state index is 5.53. The summed E-state index contributed by atoms with van der Waals surface area (Å²) in [4.78, 5) is 23.5. The fourth-order valence-electron chi connectivity index (χ4n) is 3.32. The fraction of sp³-hybridized carbons (Fsp3) is 0.667. The average Bonchev–Trinajstić information content (AvgIpc) is 2.74. The molecule has 146 valence electrons. The molecular weight excluding hydrogens is 362 g/mol. The van der Waals surface area contributed by atoms with Crippen LogP contribution in [0.4, 0.5) is 11.8 Å². The molecule has 0 atom stereocenters. The van der Waals surface area contributed by atoms with Crippen LogP contribution in [0.25, 0.3) is 11.0 Å². The summed E-state index contributed by atoms with van der Waals surface area (Å²) in [5.74, 6) is 2.75. The molecule has 0 aromatic carbocycles. The molecule has 2 aromatic rings. The van der Waals surface area contributed by atoms with E-state index < -0.39 is 0 Å². The summed E-state index contributed by atoms with van der Waals surface area (Å²) in [6.45, 7) is 9.05. The van der Waals surface area contributed by atoms with Crippen molar-refractivity contribution in [1.29, 1.82) is 0 Å². The van der Waals surface area contributed by atoms with Crippen molar-refractivity contribution >= 4 is 34.6 Å². The van der Waals surface area contributed by atoms with Crippen LogP contribution in [0, 0.1) is 0 Å². The molecule has 2 saturated heterocycles. The lowest BCUT2D eigenvalue weighted by atomic mass is 10.3. The van der Waals surface area contributed by atoms with E-state index in [2.05, 4.69) is 32.0 Å². The zero-order valence-corrected chi connectivity index (χ0v) is 16.7. The summed E-state index contributed by atoms with van der Waals surface area (Å²) in [6, 6.07) is 0. The Balaban J connectivity index is 1.76. The minimum atomic E-state index is 0.720. The van der Waals surface area contributed by atoms with E-state index in [9.17, 15) is 0 Å². The minimum Gasteiger partial charge on any atom is -0.378 e. The Labute approximate surface area is 164 Å². The smallest absolute Gasteiger partial charge is 0.228 e. The van der Waals surface area contributed by atoms with Crippen LogP contribution < -0.4 is 15.1 Å². The van der Waals surface area contributed by atoms with Crippen molar-refractivity contribution in [2.45, 2.75) is 24.8 Å². The molecule has 2 aliphatic rings. The van der Waals surface area contributed by atoms with Gasteiger partial charge in [0.05, 0.1) is 13.2 Å². The number of rotatable bonds is 6. The van der Waals surface area contributed by atoms with Gasteiger partial charge in [0.1, 0.15) is 22.4 Å². The number of nitrogens with one attached hydrogen (secondary N) is 1. The first kappa shape index (κ1) is 18.6. The Bertz CT molecular complexity index is 763. The van der Waals surface area contributed by atoms with Crippen molar-refractivity contribution in [2.24, 2.45) is 0 Å². The SMILES string of the molecule is CCCCSc1ncnc2c(N3CCOCC3)nc(N3CCNCC3)nc12. The molecule has 0 bridgehead atoms. The van der Waals surface area contributed by atoms with Gasteiger partial charge >= 0.3 is 0 Å². The quantitative estimate of drug-likeness (QED) is 0.450. The Hall–Kier alpha value is -1.71. The minimum absolute atomic E-state index is 0.720. The summed E-state index contributed by atoms with van der Waals surface area (Å²) in [5.41, 5.74) is 1.73. The van der Waals surface area contributed by atoms with Crippen molar-refractivity contribution in [3.05, 3.63) is 6.33 Å². The number of morpholine rings is 1. The highest BCUT2D eigenvalue weighted by atomic mass is 32.2. The molecule has 0 amide bonds. The lowest BCUT2D eigenvalue weighted by molar-refractivity contribution is 0.122. The molecule has 0 unspecified atom stereocenters. The lowest BCUT2D eigenvalue weighted by Crippen LogP contribution is -2.44. The van der Waals surface area contributed by atoms with Crippen LogP contribution in [0.5, 0.6) is 0 Å². The van der Waals surface area contributed by atoms with E-state index >= 15 is 0 Å². The molecular formula is C18H27N7OS. The van der Waals surface area contributed by atoms with Crippen LogP contribution >= 0.6 is 11.8 Å². The van der Waals surface area contributed by atoms with E-state index in [0.29, 0.717) is 0 Å². The van der Waals surface area contributed by atoms with E-state index in [0.717, 1.165) is 86.1 Å². The van der Waals surface area contributed by atoms with Crippen molar-refractivity contribution in [3.8, 4) is 0 Å². The highest BCUT2D eigenvalue weighted by Gasteiger charge is 2.23. The van der Waals surface area contributed by atoms with Gasteiger partial charge in [0, 0.05) is 39.3 Å².